The average molecular weight is 418 g/mol. The molecule has 1 heterocycles. The number of nitrogens with one attached hydrogen (secondary N) is 2. The highest BCUT2D eigenvalue weighted by Gasteiger charge is 2.18. The topological polar surface area (TPSA) is 114 Å². The maximum Gasteiger partial charge on any atom is 0.261 e. The number of hydrogen-bond donors (Lipinski definition) is 2. The van der Waals surface area contributed by atoms with E-state index in [1.54, 1.807) is 19.1 Å². The molecule has 0 bridgehead atoms. The Labute approximate surface area is 167 Å². The fraction of sp³-hybridized carbons (Fsp3) is 0.211. The second-order valence-electron chi connectivity index (χ2n) is 6.20. The predicted molar refractivity (Wildman–Crippen MR) is 103 cm³/mol. The van der Waals surface area contributed by atoms with Crippen molar-refractivity contribution in [2.24, 2.45) is 0 Å². The quantitative estimate of drug-likeness (QED) is 0.544. The number of sulfonamides is 1. The Morgan fingerprint density at radius 2 is 1.86 bits per heavy atom. The molecule has 2 aromatic carbocycles. The van der Waals surface area contributed by atoms with Crippen LogP contribution in [-0.2, 0) is 16.4 Å². The SMILES string of the molecule is Cc1noc(CCCNC(=O)c2ccccc2NS(=O)(=O)c2ccc(F)cc2)n1. The van der Waals surface area contributed by atoms with Gasteiger partial charge in [-0.05, 0) is 49.7 Å². The summed E-state index contributed by atoms with van der Waals surface area (Å²) in [6.45, 7) is 2.07. The maximum absolute atomic E-state index is 13.0. The van der Waals surface area contributed by atoms with E-state index < -0.39 is 21.7 Å². The lowest BCUT2D eigenvalue weighted by atomic mass is 10.1. The van der Waals surface area contributed by atoms with Crippen LogP contribution < -0.4 is 10.0 Å². The molecule has 0 unspecified atom stereocenters. The van der Waals surface area contributed by atoms with Gasteiger partial charge in [0.05, 0.1) is 16.1 Å². The van der Waals surface area contributed by atoms with Crippen LogP contribution in [0.2, 0.25) is 0 Å². The van der Waals surface area contributed by atoms with Crippen LogP contribution in [0.25, 0.3) is 0 Å². The van der Waals surface area contributed by atoms with Gasteiger partial charge in [0.1, 0.15) is 5.82 Å². The minimum atomic E-state index is -3.97. The number of benzene rings is 2. The first kappa shape index (κ1) is 20.5. The molecule has 1 amide bonds. The number of halogens is 1. The number of carbonyl (C=O) groups excluding carboxylic acids is 1. The number of rotatable bonds is 8. The number of aryl methyl sites for hydroxylation is 2. The lowest BCUT2D eigenvalue weighted by Gasteiger charge is -2.12. The number of anilines is 1. The summed E-state index contributed by atoms with van der Waals surface area (Å²) in [5.74, 6) is 0.0687. The summed E-state index contributed by atoms with van der Waals surface area (Å²) in [7, 11) is -3.97. The Balaban J connectivity index is 1.64. The summed E-state index contributed by atoms with van der Waals surface area (Å²) in [6.07, 6.45) is 1.09. The van der Waals surface area contributed by atoms with Crippen LogP contribution in [0.3, 0.4) is 0 Å². The fourth-order valence-corrected chi connectivity index (χ4v) is 3.65. The van der Waals surface area contributed by atoms with E-state index in [4.69, 9.17) is 4.52 Å². The van der Waals surface area contributed by atoms with Crippen LogP contribution in [0.5, 0.6) is 0 Å². The molecule has 152 valence electrons. The lowest BCUT2D eigenvalue weighted by molar-refractivity contribution is 0.0954. The predicted octanol–water partition coefficient (Wildman–Crippen LogP) is 2.68. The molecule has 3 aromatic rings. The van der Waals surface area contributed by atoms with Crippen molar-refractivity contribution in [3.05, 3.63) is 71.6 Å². The smallest absolute Gasteiger partial charge is 0.261 e. The third-order valence-electron chi connectivity index (χ3n) is 3.96. The van der Waals surface area contributed by atoms with Gasteiger partial charge in [0.15, 0.2) is 5.82 Å². The summed E-state index contributed by atoms with van der Waals surface area (Å²) in [5.41, 5.74) is 0.300. The zero-order valence-corrected chi connectivity index (χ0v) is 16.4. The van der Waals surface area contributed by atoms with E-state index >= 15 is 0 Å². The van der Waals surface area contributed by atoms with Crippen molar-refractivity contribution < 1.29 is 22.1 Å². The Bertz CT molecular complexity index is 1100. The Morgan fingerprint density at radius 1 is 1.14 bits per heavy atom. The van der Waals surface area contributed by atoms with Crippen molar-refractivity contribution in [1.29, 1.82) is 0 Å². The van der Waals surface area contributed by atoms with Gasteiger partial charge in [0.25, 0.3) is 15.9 Å². The third-order valence-corrected chi connectivity index (χ3v) is 5.34. The van der Waals surface area contributed by atoms with Crippen molar-refractivity contribution in [1.82, 2.24) is 15.5 Å². The van der Waals surface area contributed by atoms with Crippen molar-refractivity contribution in [2.75, 3.05) is 11.3 Å². The number of nitrogens with zero attached hydrogens (tertiary/aromatic N) is 2. The first-order chi connectivity index (χ1) is 13.8. The van der Waals surface area contributed by atoms with Gasteiger partial charge in [-0.2, -0.15) is 4.98 Å². The summed E-state index contributed by atoms with van der Waals surface area (Å²) in [4.78, 5) is 16.5. The molecule has 10 heteroatoms. The second-order valence-corrected chi connectivity index (χ2v) is 7.88. The molecule has 2 N–H and O–H groups in total. The minimum absolute atomic E-state index is 0.107. The zero-order valence-electron chi connectivity index (χ0n) is 15.6. The summed E-state index contributed by atoms with van der Waals surface area (Å²) in [6, 6.07) is 10.6. The molecule has 0 fully saturated rings. The van der Waals surface area contributed by atoms with Gasteiger partial charge in [0.2, 0.25) is 5.89 Å². The molecule has 29 heavy (non-hydrogen) atoms. The van der Waals surface area contributed by atoms with Crippen LogP contribution >= 0.6 is 0 Å². The van der Waals surface area contributed by atoms with Gasteiger partial charge < -0.3 is 9.84 Å². The first-order valence-electron chi connectivity index (χ1n) is 8.80. The van der Waals surface area contributed by atoms with Crippen molar-refractivity contribution in [2.45, 2.75) is 24.7 Å². The first-order valence-corrected chi connectivity index (χ1v) is 10.3. The molecule has 8 nitrogen and oxygen atoms in total. The summed E-state index contributed by atoms with van der Waals surface area (Å²) >= 11 is 0. The molecule has 0 aliphatic carbocycles. The van der Waals surface area contributed by atoms with Gasteiger partial charge in [-0.25, -0.2) is 12.8 Å². The Morgan fingerprint density at radius 3 is 2.55 bits per heavy atom. The van der Waals surface area contributed by atoms with Crippen LogP contribution in [0.1, 0.15) is 28.5 Å². The minimum Gasteiger partial charge on any atom is -0.352 e. The van der Waals surface area contributed by atoms with Crippen molar-refractivity contribution in [3.63, 3.8) is 0 Å². The highest BCUT2D eigenvalue weighted by molar-refractivity contribution is 7.92. The number of carbonyl (C=O) groups is 1. The van der Waals surface area contributed by atoms with Crippen molar-refractivity contribution in [3.8, 4) is 0 Å². The van der Waals surface area contributed by atoms with E-state index in [9.17, 15) is 17.6 Å². The molecular formula is C19H19FN4O4S. The lowest BCUT2D eigenvalue weighted by Crippen LogP contribution is -2.26. The van der Waals surface area contributed by atoms with E-state index in [1.165, 1.54) is 12.1 Å². The Hall–Kier alpha value is -3.27. The van der Waals surface area contributed by atoms with Crippen LogP contribution in [0.15, 0.2) is 57.9 Å². The highest BCUT2D eigenvalue weighted by atomic mass is 32.2. The molecule has 0 aliphatic rings. The highest BCUT2D eigenvalue weighted by Crippen LogP contribution is 2.20. The number of amides is 1. The average Bonchev–Trinajstić information content (AvgIpc) is 3.10. The van der Waals surface area contributed by atoms with Gasteiger partial charge >= 0.3 is 0 Å². The third kappa shape index (κ3) is 5.38. The largest absolute Gasteiger partial charge is 0.352 e. The van der Waals surface area contributed by atoms with Gasteiger partial charge in [0, 0.05) is 13.0 Å². The van der Waals surface area contributed by atoms with Crippen molar-refractivity contribution >= 4 is 21.6 Å². The van der Waals surface area contributed by atoms with E-state index in [0.29, 0.717) is 31.1 Å². The monoisotopic (exact) mass is 418 g/mol. The summed E-state index contributed by atoms with van der Waals surface area (Å²) in [5, 5.41) is 6.43. The van der Waals surface area contributed by atoms with E-state index in [1.807, 2.05) is 0 Å². The maximum atomic E-state index is 13.0. The standard InChI is InChI=1S/C19H19FN4O4S/c1-13-22-18(28-23-13)7-4-12-21-19(25)16-5-2-3-6-17(16)24-29(26,27)15-10-8-14(20)9-11-15/h2-3,5-6,8-11,24H,4,7,12H2,1H3,(H,21,25). The number of aromatic nitrogens is 2. The molecule has 0 saturated heterocycles. The Kier molecular flexibility index (Phi) is 6.23. The molecule has 0 spiro atoms. The normalized spacial score (nSPS) is 11.2. The van der Waals surface area contributed by atoms with Gasteiger partial charge in [-0.3, -0.25) is 9.52 Å². The number of hydrogen-bond acceptors (Lipinski definition) is 6. The molecule has 0 aliphatic heterocycles. The van der Waals surface area contributed by atoms with Gasteiger partial charge in [-0.15, -0.1) is 0 Å². The zero-order chi connectivity index (χ0) is 20.9. The number of para-hydroxylation sites is 1. The van der Waals surface area contributed by atoms with E-state index in [0.717, 1.165) is 24.3 Å². The molecule has 0 radical (unpaired) electrons. The fourth-order valence-electron chi connectivity index (χ4n) is 2.57. The van der Waals surface area contributed by atoms with E-state index in [-0.39, 0.29) is 16.1 Å². The molecular weight excluding hydrogens is 399 g/mol. The molecule has 0 saturated carbocycles. The second kappa shape index (κ2) is 8.82. The molecule has 1 aromatic heterocycles. The van der Waals surface area contributed by atoms with E-state index in [2.05, 4.69) is 20.2 Å². The van der Waals surface area contributed by atoms with Crippen LogP contribution in [-0.4, -0.2) is 31.0 Å². The molecule has 3 rings (SSSR count). The summed E-state index contributed by atoms with van der Waals surface area (Å²) < 4.78 is 45.5. The van der Waals surface area contributed by atoms with Gasteiger partial charge in [-0.1, -0.05) is 17.3 Å². The van der Waals surface area contributed by atoms with Crippen LogP contribution in [0, 0.1) is 12.7 Å². The molecule has 0 atom stereocenters. The van der Waals surface area contributed by atoms with Crippen LogP contribution in [0.4, 0.5) is 10.1 Å².